The summed E-state index contributed by atoms with van der Waals surface area (Å²) in [5.41, 5.74) is 5.80. The molecular formula is C47H53N2O6+. The number of aliphatic hydroxyl groups is 1. The third kappa shape index (κ3) is 9.99. The summed E-state index contributed by atoms with van der Waals surface area (Å²) in [5.74, 6) is 0.0842. The maximum absolute atomic E-state index is 14.4. The first kappa shape index (κ1) is 39.2. The van der Waals surface area contributed by atoms with Crippen LogP contribution in [0.4, 0.5) is 0 Å². The molecule has 4 aromatic carbocycles. The molecule has 8 nitrogen and oxygen atoms in total. The maximum atomic E-state index is 14.4. The number of methoxy groups -OCH3 is 2. The van der Waals surface area contributed by atoms with E-state index < -0.39 is 12.0 Å². The van der Waals surface area contributed by atoms with Crippen LogP contribution in [-0.2, 0) is 30.5 Å². The highest BCUT2D eigenvalue weighted by Gasteiger charge is 2.32. The minimum atomic E-state index is -0.952. The van der Waals surface area contributed by atoms with Gasteiger partial charge in [0.1, 0.15) is 17.4 Å². The molecule has 0 amide bonds. The van der Waals surface area contributed by atoms with Crippen molar-refractivity contribution in [2.45, 2.75) is 77.2 Å². The number of phenols is 2. The highest BCUT2D eigenvalue weighted by molar-refractivity contribution is 5.87. The lowest BCUT2D eigenvalue weighted by Crippen LogP contribution is -2.31. The van der Waals surface area contributed by atoms with Crippen LogP contribution < -0.4 is 9.47 Å². The van der Waals surface area contributed by atoms with Crippen molar-refractivity contribution in [3.63, 3.8) is 0 Å². The second-order valence-electron chi connectivity index (χ2n) is 14.7. The molecule has 5 aromatic rings. The van der Waals surface area contributed by atoms with Crippen LogP contribution in [0.15, 0.2) is 108 Å². The molecule has 2 heterocycles. The Morgan fingerprint density at radius 2 is 1.67 bits per heavy atom. The third-order valence-corrected chi connectivity index (χ3v) is 10.8. The molecule has 0 bridgehead atoms. The predicted octanol–water partition coefficient (Wildman–Crippen LogP) is 9.28. The number of aliphatic hydroxyl groups excluding tert-OH is 1. The van der Waals surface area contributed by atoms with Gasteiger partial charge in [0, 0.05) is 49.6 Å². The number of ketones is 1. The van der Waals surface area contributed by atoms with E-state index in [2.05, 4.69) is 47.2 Å². The zero-order valence-corrected chi connectivity index (χ0v) is 32.1. The summed E-state index contributed by atoms with van der Waals surface area (Å²) in [6.07, 6.45) is 13.5. The van der Waals surface area contributed by atoms with E-state index in [-0.39, 0.29) is 29.6 Å². The van der Waals surface area contributed by atoms with Crippen molar-refractivity contribution in [3.8, 4) is 23.0 Å². The topological polar surface area (TPSA) is 124 Å². The quantitative estimate of drug-likeness (QED) is 0.0466. The Labute approximate surface area is 324 Å². The number of nitrogens with zero attached hydrogens (tertiary/aromatic N) is 1. The first-order valence-corrected chi connectivity index (χ1v) is 19.4. The number of aromatic amines is 1. The summed E-state index contributed by atoms with van der Waals surface area (Å²) in [6, 6.07) is 26.3. The highest BCUT2D eigenvalue weighted by atomic mass is 16.5. The Morgan fingerprint density at radius 1 is 0.855 bits per heavy atom. The molecule has 0 fully saturated rings. The van der Waals surface area contributed by atoms with E-state index in [0.717, 1.165) is 75.9 Å². The number of aromatic nitrogens is 1. The standard InChI is InChI=1S/C47H52N2O6/c1-4-5-6-13-39-24-33(30-49-39)23-37(21-31-15-17-42(50)46(25-31)54-2)44(52)28-45(53)38(22-32-19-20-48-29-32)26-36-16-18-43(51)47(55-3)41(36)27-35-12-9-11-34-10-7-8-14-40(34)35/h7-12,14-20,24-25,29-30,37-38,45,48,53H,4-6,13,21-23,26-28H2,1-3H3,(H-,50,51)/p+1/t37-,38-,45-/m1/s1. The number of hydrogen-bond donors (Lipinski definition) is 4. The van der Waals surface area contributed by atoms with Crippen molar-refractivity contribution in [1.82, 2.24) is 4.98 Å². The SMILES string of the molecule is CCCCC[C+]1C=C(C[C@@H](Cc2ccc(O)c(OC)c2)C(=O)C[C@@H](O)[C@H](Cc2cc[nH]c2)Cc2ccc(O)c(OC)c2Cc2cccc3ccccc23)C=N1. The lowest BCUT2D eigenvalue weighted by Gasteiger charge is -2.26. The number of Topliss-reactive ketones (excluding diaryl/α,β-unsaturated/α-hetero) is 1. The average Bonchev–Trinajstić information content (AvgIpc) is 3.88. The molecule has 4 N–H and O–H groups in total. The number of carbonyl (C=O) groups is 1. The number of nitrogens with one attached hydrogen (secondary N) is 1. The van der Waals surface area contributed by atoms with Gasteiger partial charge >= 0.3 is 0 Å². The average molecular weight is 742 g/mol. The van der Waals surface area contributed by atoms with Gasteiger partial charge in [-0.05, 0) is 88.9 Å². The maximum Gasteiger partial charge on any atom is 0.176 e. The van der Waals surface area contributed by atoms with Crippen LogP contribution >= 0.6 is 0 Å². The van der Waals surface area contributed by atoms with E-state index in [4.69, 9.17) is 9.47 Å². The highest BCUT2D eigenvalue weighted by Crippen LogP contribution is 2.38. The fourth-order valence-corrected chi connectivity index (χ4v) is 7.84. The number of allylic oxidation sites excluding steroid dienone is 1. The number of H-pyrrole nitrogens is 1. The molecule has 8 heteroatoms. The second kappa shape index (κ2) is 18.7. The van der Waals surface area contributed by atoms with Gasteiger partial charge in [-0.25, -0.2) is 0 Å². The van der Waals surface area contributed by atoms with E-state index in [0.29, 0.717) is 43.6 Å². The summed E-state index contributed by atoms with van der Waals surface area (Å²) in [6.45, 7) is 2.18. The first-order chi connectivity index (χ1) is 26.8. The molecule has 0 unspecified atom stereocenters. The molecule has 0 saturated heterocycles. The lowest BCUT2D eigenvalue weighted by atomic mass is 9.81. The van der Waals surface area contributed by atoms with E-state index in [1.807, 2.05) is 55.0 Å². The Hall–Kier alpha value is -5.47. The number of fused-ring (bicyclic) bond motifs is 1. The summed E-state index contributed by atoms with van der Waals surface area (Å²) in [4.78, 5) is 22.2. The van der Waals surface area contributed by atoms with Gasteiger partial charge in [-0.1, -0.05) is 74.4 Å². The van der Waals surface area contributed by atoms with E-state index >= 15 is 0 Å². The van der Waals surface area contributed by atoms with Gasteiger partial charge in [0.15, 0.2) is 29.2 Å². The van der Waals surface area contributed by atoms with Gasteiger partial charge < -0.3 is 29.8 Å². The molecule has 0 saturated carbocycles. The van der Waals surface area contributed by atoms with Gasteiger partial charge in [-0.2, -0.15) is 0 Å². The van der Waals surface area contributed by atoms with Crippen molar-refractivity contribution in [2.75, 3.05) is 14.2 Å². The number of aromatic hydroxyl groups is 2. The summed E-state index contributed by atoms with van der Waals surface area (Å²) in [7, 11) is 3.08. The molecule has 286 valence electrons. The van der Waals surface area contributed by atoms with Crippen LogP contribution in [0.25, 0.3) is 10.8 Å². The van der Waals surface area contributed by atoms with Crippen molar-refractivity contribution in [2.24, 2.45) is 16.8 Å². The molecule has 55 heavy (non-hydrogen) atoms. The number of unbranched alkanes of at least 4 members (excludes halogenated alkanes) is 2. The number of ether oxygens (including phenoxy) is 2. The summed E-state index contributed by atoms with van der Waals surface area (Å²) >= 11 is 0. The van der Waals surface area contributed by atoms with Crippen molar-refractivity contribution >= 4 is 22.8 Å². The van der Waals surface area contributed by atoms with Gasteiger partial charge in [0.25, 0.3) is 0 Å². The molecule has 0 aliphatic carbocycles. The number of rotatable bonds is 20. The summed E-state index contributed by atoms with van der Waals surface area (Å²) in [5, 5.41) is 35.5. The molecule has 3 atom stereocenters. The number of hydrogen-bond acceptors (Lipinski definition) is 7. The Balaban J connectivity index is 1.28. The van der Waals surface area contributed by atoms with E-state index in [1.54, 1.807) is 25.3 Å². The molecule has 0 spiro atoms. The molecule has 6 rings (SSSR count). The molecule has 1 aromatic heterocycles. The Bertz CT molecular complexity index is 2100. The minimum absolute atomic E-state index is 0.0274. The molecule has 0 radical (unpaired) electrons. The van der Waals surface area contributed by atoms with Gasteiger partial charge in [-0.3, -0.25) is 4.79 Å². The molecule has 1 aliphatic heterocycles. The fraction of sp³-hybridized carbons (Fsp3) is 0.340. The van der Waals surface area contributed by atoms with Gasteiger partial charge in [0.2, 0.25) is 0 Å². The zero-order chi connectivity index (χ0) is 38.7. The van der Waals surface area contributed by atoms with Gasteiger partial charge in [0.05, 0.1) is 26.4 Å². The molecule has 1 aliphatic rings. The van der Waals surface area contributed by atoms with E-state index in [9.17, 15) is 20.1 Å². The van der Waals surface area contributed by atoms with Crippen LogP contribution in [0.3, 0.4) is 0 Å². The monoisotopic (exact) mass is 741 g/mol. The fourth-order valence-electron chi connectivity index (χ4n) is 7.84. The lowest BCUT2D eigenvalue weighted by molar-refractivity contribution is -0.125. The number of carbonyl (C=O) groups excluding carboxylic acids is 1. The van der Waals surface area contributed by atoms with Crippen LogP contribution in [-0.4, -0.2) is 52.6 Å². The molecular weight excluding hydrogens is 689 g/mol. The third-order valence-electron chi connectivity index (χ3n) is 10.8. The largest absolute Gasteiger partial charge is 0.504 e. The number of benzene rings is 4. The Morgan fingerprint density at radius 3 is 2.45 bits per heavy atom. The minimum Gasteiger partial charge on any atom is -0.504 e. The zero-order valence-electron chi connectivity index (χ0n) is 32.1. The second-order valence-corrected chi connectivity index (χ2v) is 14.7. The normalized spacial score (nSPS) is 14.2. The van der Waals surface area contributed by atoms with E-state index in [1.165, 1.54) is 7.11 Å². The van der Waals surface area contributed by atoms with Crippen molar-refractivity contribution in [1.29, 1.82) is 0 Å². The van der Waals surface area contributed by atoms with Crippen LogP contribution in [0.5, 0.6) is 23.0 Å². The van der Waals surface area contributed by atoms with Crippen LogP contribution in [0.1, 0.15) is 73.3 Å². The predicted molar refractivity (Wildman–Crippen MR) is 219 cm³/mol. The van der Waals surface area contributed by atoms with Crippen LogP contribution in [0, 0.1) is 17.9 Å². The van der Waals surface area contributed by atoms with Crippen molar-refractivity contribution in [3.05, 3.63) is 137 Å². The number of phenolic OH excluding ortho intramolecular Hbond substituents is 2. The summed E-state index contributed by atoms with van der Waals surface area (Å²) < 4.78 is 11.2. The smallest absolute Gasteiger partial charge is 0.176 e. The Kier molecular flexibility index (Phi) is 13.4. The first-order valence-electron chi connectivity index (χ1n) is 19.4. The van der Waals surface area contributed by atoms with Crippen LogP contribution in [0.2, 0.25) is 0 Å². The number of aliphatic imine (C=N–C) groups is 1. The van der Waals surface area contributed by atoms with Gasteiger partial charge in [-0.15, -0.1) is 4.99 Å². The van der Waals surface area contributed by atoms with Crippen molar-refractivity contribution < 1.29 is 29.6 Å².